The van der Waals surface area contributed by atoms with E-state index in [0.29, 0.717) is 35.6 Å². The van der Waals surface area contributed by atoms with Gasteiger partial charge in [0.1, 0.15) is 11.6 Å². The van der Waals surface area contributed by atoms with E-state index in [2.05, 4.69) is 15.1 Å². The molecule has 3 saturated heterocycles. The quantitative estimate of drug-likeness (QED) is 0.553. The summed E-state index contributed by atoms with van der Waals surface area (Å²) in [7, 11) is 0. The SMILES string of the molecule is CC(C)(C)OC(=O)N1C[C@@H](N2CCC(c3nnc(-c4ccc(Cl)cc4)o3)CC2)C[C@H]1C(=O)N1CCSC1. The second-order valence-corrected chi connectivity index (χ2v) is 12.5. The van der Waals surface area contributed by atoms with Gasteiger partial charge in [-0.15, -0.1) is 22.0 Å². The van der Waals surface area contributed by atoms with Crippen LogP contribution in [0.15, 0.2) is 28.7 Å². The van der Waals surface area contributed by atoms with Gasteiger partial charge >= 0.3 is 6.09 Å². The number of piperidine rings is 1. The van der Waals surface area contributed by atoms with Crippen LogP contribution in [-0.2, 0) is 9.53 Å². The maximum Gasteiger partial charge on any atom is 0.411 e. The van der Waals surface area contributed by atoms with Gasteiger partial charge in [-0.25, -0.2) is 4.79 Å². The average Bonchev–Trinajstić information content (AvgIpc) is 3.64. The van der Waals surface area contributed by atoms with E-state index < -0.39 is 17.7 Å². The fraction of sp³-hybridized carbons (Fsp3) is 0.615. The van der Waals surface area contributed by atoms with Crippen molar-refractivity contribution in [3.8, 4) is 11.5 Å². The molecule has 11 heteroatoms. The summed E-state index contributed by atoms with van der Waals surface area (Å²) in [5, 5.41) is 9.22. The molecule has 37 heavy (non-hydrogen) atoms. The topological polar surface area (TPSA) is 92.0 Å². The molecule has 3 aliphatic rings. The van der Waals surface area contributed by atoms with Crippen molar-refractivity contribution < 1.29 is 18.7 Å². The molecule has 9 nitrogen and oxygen atoms in total. The van der Waals surface area contributed by atoms with Crippen LogP contribution in [0.3, 0.4) is 0 Å². The van der Waals surface area contributed by atoms with Crippen molar-refractivity contribution in [1.29, 1.82) is 0 Å². The number of hydrogen-bond donors (Lipinski definition) is 0. The van der Waals surface area contributed by atoms with Crippen LogP contribution < -0.4 is 0 Å². The Morgan fingerprint density at radius 1 is 1.11 bits per heavy atom. The van der Waals surface area contributed by atoms with Crippen molar-refractivity contribution in [2.75, 3.05) is 37.8 Å². The fourth-order valence-electron chi connectivity index (χ4n) is 5.25. The zero-order valence-electron chi connectivity index (χ0n) is 21.6. The van der Waals surface area contributed by atoms with Crippen LogP contribution in [0.25, 0.3) is 11.5 Å². The van der Waals surface area contributed by atoms with Gasteiger partial charge in [-0.05, 0) is 77.4 Å². The van der Waals surface area contributed by atoms with Gasteiger partial charge in [-0.2, -0.15) is 0 Å². The summed E-state index contributed by atoms with van der Waals surface area (Å²) in [6, 6.07) is 7.00. The molecule has 2 aromatic rings. The number of amides is 2. The first-order chi connectivity index (χ1) is 17.7. The van der Waals surface area contributed by atoms with Gasteiger partial charge in [0, 0.05) is 41.4 Å². The van der Waals surface area contributed by atoms with Crippen LogP contribution in [0.2, 0.25) is 5.02 Å². The van der Waals surface area contributed by atoms with Gasteiger partial charge in [0.2, 0.25) is 17.7 Å². The Balaban J connectivity index is 1.23. The molecule has 1 aromatic heterocycles. The van der Waals surface area contributed by atoms with E-state index in [1.165, 1.54) is 0 Å². The molecule has 0 spiro atoms. The predicted octanol–water partition coefficient (Wildman–Crippen LogP) is 4.48. The van der Waals surface area contributed by atoms with E-state index in [4.69, 9.17) is 20.8 Å². The second-order valence-electron chi connectivity index (χ2n) is 10.9. The molecule has 1 aromatic carbocycles. The minimum absolute atomic E-state index is 0.0360. The lowest BCUT2D eigenvalue weighted by molar-refractivity contribution is -0.134. The van der Waals surface area contributed by atoms with Crippen LogP contribution >= 0.6 is 23.4 Å². The van der Waals surface area contributed by atoms with Gasteiger partial charge in [-0.3, -0.25) is 14.6 Å². The van der Waals surface area contributed by atoms with Gasteiger partial charge in [-0.1, -0.05) is 11.6 Å². The van der Waals surface area contributed by atoms with Crippen LogP contribution in [0.5, 0.6) is 0 Å². The lowest BCUT2D eigenvalue weighted by atomic mass is 9.95. The highest BCUT2D eigenvalue weighted by Gasteiger charge is 2.45. The van der Waals surface area contributed by atoms with Crippen molar-refractivity contribution in [2.45, 2.75) is 63.6 Å². The summed E-state index contributed by atoms with van der Waals surface area (Å²) in [5.74, 6) is 3.01. The molecule has 0 bridgehead atoms. The first-order valence-corrected chi connectivity index (χ1v) is 14.4. The van der Waals surface area contributed by atoms with E-state index in [1.54, 1.807) is 16.7 Å². The number of benzene rings is 1. The molecule has 2 amide bonds. The number of aromatic nitrogens is 2. The summed E-state index contributed by atoms with van der Waals surface area (Å²) >= 11 is 7.74. The number of thioether (sulfide) groups is 1. The molecule has 0 radical (unpaired) electrons. The van der Waals surface area contributed by atoms with Crippen molar-refractivity contribution in [1.82, 2.24) is 24.9 Å². The number of hydrogen-bond acceptors (Lipinski definition) is 8. The Morgan fingerprint density at radius 3 is 2.49 bits per heavy atom. The normalized spacial score (nSPS) is 23.6. The third kappa shape index (κ3) is 6.07. The number of ether oxygens (including phenoxy) is 1. The number of nitrogens with zero attached hydrogens (tertiary/aromatic N) is 5. The smallest absolute Gasteiger partial charge is 0.411 e. The summed E-state index contributed by atoms with van der Waals surface area (Å²) in [6.45, 7) is 8.49. The highest BCUT2D eigenvalue weighted by Crippen LogP contribution is 2.34. The van der Waals surface area contributed by atoms with Gasteiger partial charge in [0.05, 0.1) is 5.88 Å². The van der Waals surface area contributed by atoms with Gasteiger partial charge in [0.25, 0.3) is 0 Å². The van der Waals surface area contributed by atoms with Crippen LogP contribution in [0.4, 0.5) is 4.79 Å². The molecule has 0 N–H and O–H groups in total. The van der Waals surface area contributed by atoms with E-state index in [9.17, 15) is 9.59 Å². The number of carbonyl (C=O) groups excluding carboxylic acids is 2. The van der Waals surface area contributed by atoms with Crippen LogP contribution in [0, 0.1) is 0 Å². The monoisotopic (exact) mass is 547 g/mol. The maximum absolute atomic E-state index is 13.3. The number of likely N-dealkylation sites (tertiary alicyclic amines) is 2. The summed E-state index contributed by atoms with van der Waals surface area (Å²) < 4.78 is 11.7. The highest BCUT2D eigenvalue weighted by molar-refractivity contribution is 7.99. The van der Waals surface area contributed by atoms with Crippen LogP contribution in [0.1, 0.15) is 51.8 Å². The Bertz CT molecular complexity index is 1110. The van der Waals surface area contributed by atoms with E-state index in [1.807, 2.05) is 49.9 Å². The van der Waals surface area contributed by atoms with E-state index in [0.717, 1.165) is 43.8 Å². The second kappa shape index (κ2) is 10.8. The first-order valence-electron chi connectivity index (χ1n) is 12.9. The standard InChI is InChI=1S/C26H34ClN5O4S/c1-26(2,3)36-25(34)32-15-20(14-21(32)24(33)31-12-13-37-16-31)30-10-8-18(9-11-30)23-29-28-22(35-23)17-4-6-19(27)7-5-17/h4-7,18,20-21H,8-16H2,1-3H3/t20-,21-/m0/s1. The molecule has 5 rings (SSSR count). The Kier molecular flexibility index (Phi) is 7.70. The van der Waals surface area contributed by atoms with Gasteiger partial charge in [0.15, 0.2) is 0 Å². The lowest BCUT2D eigenvalue weighted by Crippen LogP contribution is -2.48. The predicted molar refractivity (Wildman–Crippen MR) is 142 cm³/mol. The molecule has 0 saturated carbocycles. The molecule has 4 heterocycles. The van der Waals surface area contributed by atoms with E-state index in [-0.39, 0.29) is 17.9 Å². The van der Waals surface area contributed by atoms with Crippen molar-refractivity contribution in [3.05, 3.63) is 35.2 Å². The molecule has 200 valence electrons. The molecular weight excluding hydrogens is 514 g/mol. The number of halogens is 1. The molecule has 0 unspecified atom stereocenters. The molecule has 3 aliphatic heterocycles. The van der Waals surface area contributed by atoms with Gasteiger partial charge < -0.3 is 14.1 Å². The zero-order valence-corrected chi connectivity index (χ0v) is 23.1. The van der Waals surface area contributed by atoms with E-state index >= 15 is 0 Å². The average molecular weight is 548 g/mol. The number of carbonyl (C=O) groups is 2. The number of rotatable bonds is 4. The van der Waals surface area contributed by atoms with Crippen molar-refractivity contribution >= 4 is 35.4 Å². The first kappa shape index (κ1) is 26.3. The summed E-state index contributed by atoms with van der Waals surface area (Å²) in [4.78, 5) is 32.3. The fourth-order valence-corrected chi connectivity index (χ4v) is 6.33. The summed E-state index contributed by atoms with van der Waals surface area (Å²) in [6.07, 6.45) is 1.99. The lowest BCUT2D eigenvalue weighted by Gasteiger charge is -2.34. The largest absolute Gasteiger partial charge is 0.444 e. The highest BCUT2D eigenvalue weighted by atomic mass is 35.5. The molecular formula is C26H34ClN5O4S. The maximum atomic E-state index is 13.3. The summed E-state index contributed by atoms with van der Waals surface area (Å²) in [5.41, 5.74) is 0.236. The third-order valence-electron chi connectivity index (χ3n) is 7.18. The Labute approximate surface area is 226 Å². The molecule has 2 atom stereocenters. The minimum Gasteiger partial charge on any atom is -0.444 e. The molecule has 3 fully saturated rings. The Hall–Kier alpha value is -2.30. The minimum atomic E-state index is -0.612. The molecule has 0 aliphatic carbocycles. The Morgan fingerprint density at radius 2 is 1.84 bits per heavy atom. The van der Waals surface area contributed by atoms with Crippen molar-refractivity contribution in [3.63, 3.8) is 0 Å². The van der Waals surface area contributed by atoms with Crippen LogP contribution in [-0.4, -0.2) is 92.4 Å². The van der Waals surface area contributed by atoms with Crippen molar-refractivity contribution in [2.24, 2.45) is 0 Å². The zero-order chi connectivity index (χ0) is 26.2. The third-order valence-corrected chi connectivity index (χ3v) is 8.40.